The van der Waals surface area contributed by atoms with Gasteiger partial charge in [-0.3, -0.25) is 4.57 Å². The molecule has 0 spiro atoms. The maximum absolute atomic E-state index is 6.42. The number of nitrogens with zero attached hydrogens (tertiary/aromatic N) is 5. The average molecular weight is 952 g/mol. The van der Waals surface area contributed by atoms with E-state index in [4.69, 9.17) is 19.4 Å². The molecule has 74 heavy (non-hydrogen) atoms. The Morgan fingerprint density at radius 2 is 0.932 bits per heavy atom. The van der Waals surface area contributed by atoms with Gasteiger partial charge in [-0.25, -0.2) is 4.98 Å². The van der Waals surface area contributed by atoms with E-state index < -0.39 is 0 Å². The second-order valence-corrected chi connectivity index (χ2v) is 19.6. The lowest BCUT2D eigenvalue weighted by atomic mass is 9.82. The Bertz CT molecular complexity index is 4500. The predicted molar refractivity (Wildman–Crippen MR) is 306 cm³/mol. The lowest BCUT2D eigenvalue weighted by molar-refractivity contribution is 0.660. The highest BCUT2D eigenvalue weighted by Crippen LogP contribution is 2.50. The Kier molecular flexibility index (Phi) is 9.89. The standard InChI is InChI=1S/C66H43N5O.C2H6/c1-66(2)55-26-10-6-20-47(55)53-37-42(31-34-56(53)66)41-18-14-19-43(36-41)46-24-15-25-52-54-39-45(70-57-27-11-7-21-48(57)49-22-8-12-28-58(49)70)32-35-59(54)71(62(46)52)65-68-63(40-16-4-3-5-17-40)67-64(69-65)44-30-33-51-50-23-9-13-29-60(50)72-61(51)38-44;1-2/h3-39H,1-2H3;1-2H3. The fourth-order valence-corrected chi connectivity index (χ4v) is 11.8. The zero-order valence-electron chi connectivity index (χ0n) is 41.5. The SMILES string of the molecule is CC.CC1(C)c2ccccc2-c2cc(-c3cccc(-c4cccc5c6cc(-n7c8ccccc8c8ccccc87)ccc6n(-c6nc(-c7ccccc7)nc(-c7ccc8c(c7)oc7ccccc78)n6)c45)c3)ccc21. The summed E-state index contributed by atoms with van der Waals surface area (Å²) in [5, 5.41) is 6.76. The van der Waals surface area contributed by atoms with Gasteiger partial charge in [-0.15, -0.1) is 0 Å². The molecule has 0 saturated carbocycles. The summed E-state index contributed by atoms with van der Waals surface area (Å²) in [5.74, 6) is 1.66. The summed E-state index contributed by atoms with van der Waals surface area (Å²) in [5.41, 5.74) is 18.6. The second-order valence-electron chi connectivity index (χ2n) is 19.6. The number of para-hydroxylation sites is 4. The van der Waals surface area contributed by atoms with Gasteiger partial charge in [-0.1, -0.05) is 191 Å². The number of hydrogen-bond acceptors (Lipinski definition) is 4. The van der Waals surface area contributed by atoms with Crippen molar-refractivity contribution >= 4 is 65.6 Å². The minimum Gasteiger partial charge on any atom is -0.456 e. The van der Waals surface area contributed by atoms with E-state index in [1.54, 1.807) is 0 Å². The van der Waals surface area contributed by atoms with Crippen molar-refractivity contribution in [3.63, 3.8) is 0 Å². The van der Waals surface area contributed by atoms with Crippen LogP contribution in [0.25, 0.3) is 133 Å². The van der Waals surface area contributed by atoms with Crippen LogP contribution >= 0.6 is 0 Å². The van der Waals surface area contributed by atoms with Crippen molar-refractivity contribution in [2.24, 2.45) is 0 Å². The van der Waals surface area contributed by atoms with Crippen molar-refractivity contribution in [3.8, 4) is 67.8 Å². The molecule has 0 N–H and O–H groups in total. The molecule has 0 atom stereocenters. The Morgan fingerprint density at radius 1 is 0.351 bits per heavy atom. The molecule has 0 amide bonds. The molecule has 4 aromatic heterocycles. The summed E-state index contributed by atoms with van der Waals surface area (Å²) >= 11 is 0. The molecule has 0 aliphatic heterocycles. The molecule has 4 heterocycles. The molecule has 1 aliphatic carbocycles. The van der Waals surface area contributed by atoms with Crippen LogP contribution in [0.15, 0.2) is 229 Å². The van der Waals surface area contributed by atoms with Gasteiger partial charge in [0, 0.05) is 60.1 Å². The summed E-state index contributed by atoms with van der Waals surface area (Å²) in [6.45, 7) is 8.67. The Hall–Kier alpha value is -9.39. The average Bonchev–Trinajstić information content (AvgIpc) is 4.23. The molecule has 0 fully saturated rings. The molecule has 0 radical (unpaired) electrons. The van der Waals surface area contributed by atoms with Crippen LogP contribution in [0.5, 0.6) is 0 Å². The first-order valence-electron chi connectivity index (χ1n) is 25.6. The van der Waals surface area contributed by atoms with E-state index in [2.05, 4.69) is 211 Å². The fraction of sp³-hybridized carbons (Fsp3) is 0.0735. The van der Waals surface area contributed by atoms with E-state index in [1.807, 2.05) is 50.2 Å². The first kappa shape index (κ1) is 43.4. The summed E-state index contributed by atoms with van der Waals surface area (Å²) in [7, 11) is 0. The largest absolute Gasteiger partial charge is 0.456 e. The highest BCUT2D eigenvalue weighted by molar-refractivity contribution is 6.15. The molecule has 0 bridgehead atoms. The monoisotopic (exact) mass is 951 g/mol. The van der Waals surface area contributed by atoms with Crippen LogP contribution in [0.4, 0.5) is 0 Å². The number of hydrogen-bond donors (Lipinski definition) is 0. The number of aromatic nitrogens is 5. The zero-order valence-corrected chi connectivity index (χ0v) is 41.5. The van der Waals surface area contributed by atoms with Gasteiger partial charge < -0.3 is 8.98 Å². The van der Waals surface area contributed by atoms with Crippen LogP contribution in [0.3, 0.4) is 0 Å². The van der Waals surface area contributed by atoms with Crippen molar-refractivity contribution in [3.05, 3.63) is 236 Å². The topological polar surface area (TPSA) is 61.7 Å². The van der Waals surface area contributed by atoms with Gasteiger partial charge in [-0.05, 0) is 99.6 Å². The van der Waals surface area contributed by atoms with Crippen LogP contribution in [-0.4, -0.2) is 24.1 Å². The maximum Gasteiger partial charge on any atom is 0.238 e. The third-order valence-corrected chi connectivity index (χ3v) is 15.2. The second kappa shape index (κ2) is 16.9. The lowest BCUT2D eigenvalue weighted by Crippen LogP contribution is -2.14. The first-order chi connectivity index (χ1) is 36.4. The number of rotatable bonds is 6. The van der Waals surface area contributed by atoms with Gasteiger partial charge in [-0.2, -0.15) is 9.97 Å². The van der Waals surface area contributed by atoms with E-state index >= 15 is 0 Å². The van der Waals surface area contributed by atoms with Gasteiger partial charge in [0.25, 0.3) is 0 Å². The van der Waals surface area contributed by atoms with Gasteiger partial charge in [0.05, 0.1) is 22.1 Å². The third-order valence-electron chi connectivity index (χ3n) is 15.2. The van der Waals surface area contributed by atoms with Crippen LogP contribution in [0, 0.1) is 0 Å². The Morgan fingerprint density at radius 3 is 1.74 bits per heavy atom. The smallest absolute Gasteiger partial charge is 0.238 e. The van der Waals surface area contributed by atoms with E-state index in [0.717, 1.165) is 88.3 Å². The number of benzene rings is 10. The molecular weight excluding hydrogens is 903 g/mol. The van der Waals surface area contributed by atoms with Crippen molar-refractivity contribution in [2.45, 2.75) is 33.1 Å². The fourth-order valence-electron chi connectivity index (χ4n) is 11.8. The predicted octanol–water partition coefficient (Wildman–Crippen LogP) is 18.0. The molecule has 0 saturated heterocycles. The molecule has 6 nitrogen and oxygen atoms in total. The normalized spacial score (nSPS) is 12.7. The summed E-state index contributed by atoms with van der Waals surface area (Å²) in [6, 6.07) is 80.3. The molecular formula is C68H49N5O. The lowest BCUT2D eigenvalue weighted by Gasteiger charge is -2.21. The van der Waals surface area contributed by atoms with Crippen molar-refractivity contribution in [1.29, 1.82) is 0 Å². The number of fused-ring (bicyclic) bond motifs is 12. The molecule has 352 valence electrons. The van der Waals surface area contributed by atoms with Gasteiger partial charge >= 0.3 is 0 Å². The highest BCUT2D eigenvalue weighted by Gasteiger charge is 2.35. The van der Waals surface area contributed by atoms with E-state index in [1.165, 1.54) is 38.6 Å². The van der Waals surface area contributed by atoms with E-state index in [0.29, 0.717) is 17.6 Å². The molecule has 14 aromatic rings. The van der Waals surface area contributed by atoms with Crippen LogP contribution in [-0.2, 0) is 5.41 Å². The molecule has 1 aliphatic rings. The highest BCUT2D eigenvalue weighted by atomic mass is 16.3. The minimum absolute atomic E-state index is 0.0633. The van der Waals surface area contributed by atoms with Crippen molar-refractivity contribution in [1.82, 2.24) is 24.1 Å². The molecule has 0 unspecified atom stereocenters. The number of furan rings is 1. The van der Waals surface area contributed by atoms with Gasteiger partial charge in [0.15, 0.2) is 11.6 Å². The summed E-state index contributed by atoms with van der Waals surface area (Å²) < 4.78 is 11.1. The molecule has 6 heteroatoms. The maximum atomic E-state index is 6.42. The van der Waals surface area contributed by atoms with Crippen LogP contribution < -0.4 is 0 Å². The summed E-state index contributed by atoms with van der Waals surface area (Å²) in [4.78, 5) is 16.0. The van der Waals surface area contributed by atoms with E-state index in [-0.39, 0.29) is 5.41 Å². The van der Waals surface area contributed by atoms with Crippen molar-refractivity contribution in [2.75, 3.05) is 0 Å². The van der Waals surface area contributed by atoms with Gasteiger partial charge in [0.1, 0.15) is 11.2 Å². The van der Waals surface area contributed by atoms with Gasteiger partial charge in [0.2, 0.25) is 5.95 Å². The Labute approximate surface area is 428 Å². The zero-order chi connectivity index (χ0) is 49.7. The quantitative estimate of drug-likeness (QED) is 0.167. The molecule has 10 aromatic carbocycles. The van der Waals surface area contributed by atoms with Crippen molar-refractivity contribution < 1.29 is 4.42 Å². The van der Waals surface area contributed by atoms with E-state index in [9.17, 15) is 0 Å². The minimum atomic E-state index is -0.0633. The Balaban J connectivity index is 0.00000249. The molecule has 15 rings (SSSR count). The van der Waals surface area contributed by atoms with Crippen LogP contribution in [0.2, 0.25) is 0 Å². The third kappa shape index (κ3) is 6.61. The summed E-state index contributed by atoms with van der Waals surface area (Å²) in [6.07, 6.45) is 0. The first-order valence-corrected chi connectivity index (χ1v) is 25.6. The van der Waals surface area contributed by atoms with Crippen LogP contribution in [0.1, 0.15) is 38.8 Å².